The number of β-amino-alcohol motifs (C(OH)–C–C–N with tert-alkyl or cyclic N) is 1. The lowest BCUT2D eigenvalue weighted by atomic mass is 10.0. The predicted molar refractivity (Wildman–Crippen MR) is 116 cm³/mol. The molecule has 2 aliphatic rings. The fourth-order valence-electron chi connectivity index (χ4n) is 4.19. The van der Waals surface area contributed by atoms with Gasteiger partial charge in [0.25, 0.3) is 5.91 Å². The highest BCUT2D eigenvalue weighted by Crippen LogP contribution is 2.29. The van der Waals surface area contributed by atoms with Gasteiger partial charge in [0.1, 0.15) is 23.7 Å². The zero-order chi connectivity index (χ0) is 21.4. The number of carbonyl (C=O) groups excluding carboxylic acids is 2. The third-order valence-electron chi connectivity index (χ3n) is 5.92. The number of aryl methyl sites for hydroxylation is 1. The van der Waals surface area contributed by atoms with Crippen LogP contribution in [-0.2, 0) is 11.2 Å². The smallest absolute Gasteiger partial charge is 0.272 e. The van der Waals surface area contributed by atoms with E-state index < -0.39 is 12.2 Å². The zero-order valence-electron chi connectivity index (χ0n) is 17.0. The second-order valence-electron chi connectivity index (χ2n) is 8.05. The Balaban J connectivity index is 1.25. The summed E-state index contributed by atoms with van der Waals surface area (Å²) in [6.07, 6.45) is 2.17. The van der Waals surface area contributed by atoms with Crippen molar-refractivity contribution in [3.05, 3.63) is 66.0 Å². The number of aliphatic hydroxyl groups excluding tert-OH is 1. The Labute approximate surface area is 179 Å². The fraction of sp³-hybridized carbons (Fsp3) is 0.292. The standard InChI is InChI=1S/C24H23N3O4/c28-21-14-27(24(30)20-11-16-3-1-2-4-17(16)13-25-20)10-9-22(21)31-18-7-5-15-6-8-23(29)26-19(15)12-18/h1-5,7,11-13,21-22,28H,6,8-10,14H2,(H,26,29)/t21-,22-/m1/s1. The molecule has 2 aliphatic heterocycles. The molecule has 31 heavy (non-hydrogen) atoms. The lowest BCUT2D eigenvalue weighted by molar-refractivity contribution is -0.116. The van der Waals surface area contributed by atoms with Gasteiger partial charge < -0.3 is 20.1 Å². The van der Waals surface area contributed by atoms with E-state index in [9.17, 15) is 14.7 Å². The van der Waals surface area contributed by atoms with Gasteiger partial charge in [-0.05, 0) is 29.5 Å². The summed E-state index contributed by atoms with van der Waals surface area (Å²) >= 11 is 0. The number of aliphatic hydroxyl groups is 1. The molecule has 2 N–H and O–H groups in total. The maximum absolute atomic E-state index is 12.9. The highest BCUT2D eigenvalue weighted by atomic mass is 16.5. The lowest BCUT2D eigenvalue weighted by Crippen LogP contribution is -2.51. The van der Waals surface area contributed by atoms with Crippen LogP contribution in [0.2, 0.25) is 0 Å². The number of anilines is 1. The number of nitrogens with one attached hydrogen (secondary N) is 1. The van der Waals surface area contributed by atoms with E-state index in [1.165, 1.54) is 0 Å². The van der Waals surface area contributed by atoms with Crippen LogP contribution in [0.4, 0.5) is 5.69 Å². The number of benzene rings is 2. The molecule has 2 atom stereocenters. The Hall–Kier alpha value is -3.45. The SMILES string of the molecule is O=C1CCc2ccc(O[C@@H]3CCN(C(=O)c4cc5ccccc5cn4)C[C@H]3O)cc2N1. The van der Waals surface area contributed by atoms with E-state index in [-0.39, 0.29) is 18.4 Å². The molecule has 0 unspecified atom stereocenters. The Morgan fingerprint density at radius 2 is 1.97 bits per heavy atom. The number of hydrogen-bond donors (Lipinski definition) is 2. The summed E-state index contributed by atoms with van der Waals surface area (Å²) in [4.78, 5) is 30.5. The first-order valence-electron chi connectivity index (χ1n) is 10.5. The Bertz CT molecular complexity index is 1160. The first-order valence-corrected chi connectivity index (χ1v) is 10.5. The Morgan fingerprint density at radius 1 is 1.13 bits per heavy atom. The quantitative estimate of drug-likeness (QED) is 0.684. The monoisotopic (exact) mass is 417 g/mol. The van der Waals surface area contributed by atoms with Crippen molar-refractivity contribution in [3.63, 3.8) is 0 Å². The maximum Gasteiger partial charge on any atom is 0.272 e. The van der Waals surface area contributed by atoms with E-state index in [0.29, 0.717) is 37.3 Å². The number of hydrogen-bond acceptors (Lipinski definition) is 5. The maximum atomic E-state index is 12.9. The second kappa shape index (κ2) is 8.00. The van der Waals surface area contributed by atoms with E-state index in [1.807, 2.05) is 36.4 Å². The second-order valence-corrected chi connectivity index (χ2v) is 8.05. The van der Waals surface area contributed by atoms with Crippen LogP contribution in [0, 0.1) is 0 Å². The van der Waals surface area contributed by atoms with Crippen LogP contribution in [-0.4, -0.2) is 52.1 Å². The molecule has 3 heterocycles. The number of carbonyl (C=O) groups is 2. The van der Waals surface area contributed by atoms with Crippen molar-refractivity contribution in [1.29, 1.82) is 0 Å². The molecule has 0 saturated carbocycles. The number of piperidine rings is 1. The molecule has 1 saturated heterocycles. The molecule has 7 heteroatoms. The van der Waals surface area contributed by atoms with Gasteiger partial charge in [0.05, 0.1) is 6.54 Å². The van der Waals surface area contributed by atoms with Crippen LogP contribution in [0.25, 0.3) is 10.8 Å². The van der Waals surface area contributed by atoms with E-state index in [1.54, 1.807) is 23.2 Å². The minimum absolute atomic E-state index is 0.00111. The van der Waals surface area contributed by atoms with Gasteiger partial charge in [0.15, 0.2) is 0 Å². The van der Waals surface area contributed by atoms with Gasteiger partial charge in [-0.3, -0.25) is 14.6 Å². The average Bonchev–Trinajstić information content (AvgIpc) is 2.79. The highest BCUT2D eigenvalue weighted by molar-refractivity contribution is 5.96. The summed E-state index contributed by atoms with van der Waals surface area (Å²) in [6, 6.07) is 15.2. The van der Waals surface area contributed by atoms with Crippen molar-refractivity contribution in [2.75, 3.05) is 18.4 Å². The van der Waals surface area contributed by atoms with Gasteiger partial charge in [-0.15, -0.1) is 0 Å². The molecular formula is C24H23N3O4. The Morgan fingerprint density at radius 3 is 2.81 bits per heavy atom. The molecule has 0 aliphatic carbocycles. The van der Waals surface area contributed by atoms with Crippen molar-refractivity contribution in [1.82, 2.24) is 9.88 Å². The van der Waals surface area contributed by atoms with Crippen LogP contribution in [0.5, 0.6) is 5.75 Å². The molecule has 1 aromatic heterocycles. The molecule has 1 fully saturated rings. The van der Waals surface area contributed by atoms with E-state index >= 15 is 0 Å². The summed E-state index contributed by atoms with van der Waals surface area (Å²) in [5.74, 6) is 0.402. The first-order chi connectivity index (χ1) is 15.1. The van der Waals surface area contributed by atoms with Crippen LogP contribution in [0.3, 0.4) is 0 Å². The van der Waals surface area contributed by atoms with Gasteiger partial charge in [-0.25, -0.2) is 0 Å². The number of fused-ring (bicyclic) bond motifs is 2. The number of likely N-dealkylation sites (tertiary alicyclic amines) is 1. The van der Waals surface area contributed by atoms with Gasteiger partial charge in [0, 0.05) is 42.7 Å². The van der Waals surface area contributed by atoms with Gasteiger partial charge in [-0.2, -0.15) is 0 Å². The number of nitrogens with zero attached hydrogens (tertiary/aromatic N) is 2. The van der Waals surface area contributed by atoms with E-state index in [2.05, 4.69) is 10.3 Å². The number of aromatic nitrogens is 1. The number of amides is 2. The van der Waals surface area contributed by atoms with Crippen LogP contribution >= 0.6 is 0 Å². The summed E-state index contributed by atoms with van der Waals surface area (Å²) in [6.45, 7) is 0.649. The minimum atomic E-state index is -0.816. The predicted octanol–water partition coefficient (Wildman–Crippen LogP) is 2.77. The number of ether oxygens (including phenoxy) is 1. The van der Waals surface area contributed by atoms with Crippen molar-refractivity contribution in [3.8, 4) is 5.75 Å². The number of pyridine rings is 1. The molecular weight excluding hydrogens is 394 g/mol. The average molecular weight is 417 g/mol. The minimum Gasteiger partial charge on any atom is -0.488 e. The molecule has 3 aromatic rings. The summed E-state index contributed by atoms with van der Waals surface area (Å²) < 4.78 is 6.01. The molecule has 2 amide bonds. The van der Waals surface area contributed by atoms with Crippen LogP contribution in [0.1, 0.15) is 28.9 Å². The largest absolute Gasteiger partial charge is 0.488 e. The molecule has 0 radical (unpaired) electrons. The topological polar surface area (TPSA) is 91.8 Å². The van der Waals surface area contributed by atoms with E-state index in [4.69, 9.17) is 4.74 Å². The lowest BCUT2D eigenvalue weighted by Gasteiger charge is -2.36. The van der Waals surface area contributed by atoms with Crippen molar-refractivity contribution in [2.24, 2.45) is 0 Å². The third kappa shape index (κ3) is 3.96. The zero-order valence-corrected chi connectivity index (χ0v) is 17.0. The fourth-order valence-corrected chi connectivity index (χ4v) is 4.19. The normalized spacial score (nSPS) is 20.8. The Kier molecular flexibility index (Phi) is 5.03. The summed E-state index contributed by atoms with van der Waals surface area (Å²) in [7, 11) is 0. The third-order valence-corrected chi connectivity index (χ3v) is 5.92. The van der Waals surface area contributed by atoms with Crippen LogP contribution < -0.4 is 10.1 Å². The molecule has 0 spiro atoms. The highest BCUT2D eigenvalue weighted by Gasteiger charge is 2.32. The summed E-state index contributed by atoms with van der Waals surface area (Å²) in [5, 5.41) is 15.4. The molecule has 5 rings (SSSR count). The van der Waals surface area contributed by atoms with Crippen LogP contribution in [0.15, 0.2) is 54.7 Å². The van der Waals surface area contributed by atoms with Gasteiger partial charge in [0.2, 0.25) is 5.91 Å². The van der Waals surface area contributed by atoms with Gasteiger partial charge >= 0.3 is 0 Å². The van der Waals surface area contributed by atoms with Gasteiger partial charge in [-0.1, -0.05) is 30.3 Å². The molecule has 7 nitrogen and oxygen atoms in total. The molecule has 158 valence electrons. The van der Waals surface area contributed by atoms with Crippen molar-refractivity contribution in [2.45, 2.75) is 31.5 Å². The first kappa shape index (κ1) is 19.5. The summed E-state index contributed by atoms with van der Waals surface area (Å²) in [5.41, 5.74) is 2.21. The van der Waals surface area contributed by atoms with E-state index in [0.717, 1.165) is 22.0 Å². The van der Waals surface area contributed by atoms with Crippen molar-refractivity contribution < 1.29 is 19.4 Å². The number of rotatable bonds is 3. The molecule has 0 bridgehead atoms. The molecule has 2 aromatic carbocycles. The van der Waals surface area contributed by atoms with Crippen molar-refractivity contribution >= 4 is 28.3 Å².